The number of hydrogen-bond acceptors (Lipinski definition) is 4. The highest BCUT2D eigenvalue weighted by atomic mass is 15.1. The zero-order chi connectivity index (χ0) is 10.5. The molecule has 1 saturated carbocycles. The molecule has 15 heavy (non-hydrogen) atoms. The second-order valence-electron chi connectivity index (χ2n) is 3.94. The molecule has 1 aliphatic rings. The van der Waals surface area contributed by atoms with Crippen LogP contribution in [0.25, 0.3) is 0 Å². The molecule has 2 rings (SSSR count). The Morgan fingerprint density at radius 2 is 2.00 bits per heavy atom. The molecule has 0 amide bonds. The lowest BCUT2D eigenvalue weighted by Gasteiger charge is -2.12. The Kier molecular flexibility index (Phi) is 3.37. The number of aromatic nitrogens is 2. The van der Waals surface area contributed by atoms with E-state index in [1.54, 1.807) is 6.33 Å². The highest BCUT2D eigenvalue weighted by molar-refractivity contribution is 5.46. The Bertz CT molecular complexity index is 307. The van der Waals surface area contributed by atoms with Crippen molar-refractivity contribution in [3.63, 3.8) is 0 Å². The van der Waals surface area contributed by atoms with Gasteiger partial charge < -0.3 is 10.6 Å². The molecule has 0 bridgehead atoms. The highest BCUT2D eigenvalue weighted by Crippen LogP contribution is 2.21. The molecule has 4 heteroatoms. The molecular weight excluding hydrogens is 188 g/mol. The molecule has 0 atom stereocenters. The van der Waals surface area contributed by atoms with Crippen molar-refractivity contribution < 1.29 is 0 Å². The van der Waals surface area contributed by atoms with Crippen molar-refractivity contribution >= 4 is 11.6 Å². The largest absolute Gasteiger partial charge is 0.370 e. The van der Waals surface area contributed by atoms with Crippen LogP contribution in [0.15, 0.2) is 12.4 Å². The zero-order valence-electron chi connectivity index (χ0n) is 9.16. The number of nitrogens with one attached hydrogen (secondary N) is 2. The third-order valence-corrected chi connectivity index (χ3v) is 2.73. The monoisotopic (exact) mass is 206 g/mol. The van der Waals surface area contributed by atoms with Crippen LogP contribution in [0.5, 0.6) is 0 Å². The van der Waals surface area contributed by atoms with E-state index in [0.29, 0.717) is 6.04 Å². The van der Waals surface area contributed by atoms with Gasteiger partial charge in [-0.1, -0.05) is 12.8 Å². The Morgan fingerprint density at radius 1 is 1.27 bits per heavy atom. The topological polar surface area (TPSA) is 49.8 Å². The van der Waals surface area contributed by atoms with Gasteiger partial charge in [0.25, 0.3) is 0 Å². The quantitative estimate of drug-likeness (QED) is 0.793. The Hall–Kier alpha value is -1.32. The van der Waals surface area contributed by atoms with Crippen LogP contribution in [0.3, 0.4) is 0 Å². The van der Waals surface area contributed by atoms with Crippen molar-refractivity contribution in [3.8, 4) is 0 Å². The predicted octanol–water partition coefficient (Wildman–Crippen LogP) is 2.26. The van der Waals surface area contributed by atoms with Crippen molar-refractivity contribution in [1.82, 2.24) is 9.97 Å². The predicted molar refractivity (Wildman–Crippen MR) is 62.1 cm³/mol. The highest BCUT2D eigenvalue weighted by Gasteiger charge is 2.14. The molecule has 1 heterocycles. The van der Waals surface area contributed by atoms with Gasteiger partial charge in [0.15, 0.2) is 0 Å². The van der Waals surface area contributed by atoms with E-state index in [0.717, 1.165) is 18.2 Å². The molecule has 1 aromatic rings. The lowest BCUT2D eigenvalue weighted by atomic mass is 10.2. The SMILES string of the molecule is CCNc1cc(NC2CCCC2)ncn1. The minimum absolute atomic E-state index is 0.606. The van der Waals surface area contributed by atoms with Gasteiger partial charge in [0, 0.05) is 18.7 Å². The van der Waals surface area contributed by atoms with Crippen LogP contribution in [-0.2, 0) is 0 Å². The summed E-state index contributed by atoms with van der Waals surface area (Å²) in [4.78, 5) is 8.36. The smallest absolute Gasteiger partial charge is 0.131 e. The van der Waals surface area contributed by atoms with Gasteiger partial charge in [-0.15, -0.1) is 0 Å². The second kappa shape index (κ2) is 4.96. The van der Waals surface area contributed by atoms with Crippen molar-refractivity contribution in [3.05, 3.63) is 12.4 Å². The summed E-state index contributed by atoms with van der Waals surface area (Å²) in [6.07, 6.45) is 6.81. The first-order chi connectivity index (χ1) is 7.38. The molecule has 0 saturated heterocycles. The van der Waals surface area contributed by atoms with Gasteiger partial charge in [0.2, 0.25) is 0 Å². The van der Waals surface area contributed by atoms with E-state index < -0.39 is 0 Å². The zero-order valence-corrected chi connectivity index (χ0v) is 9.16. The molecule has 1 aliphatic carbocycles. The number of anilines is 2. The molecule has 0 radical (unpaired) electrons. The fraction of sp³-hybridized carbons (Fsp3) is 0.636. The first-order valence-electron chi connectivity index (χ1n) is 5.71. The van der Waals surface area contributed by atoms with Crippen LogP contribution < -0.4 is 10.6 Å². The van der Waals surface area contributed by atoms with Crippen LogP contribution in [-0.4, -0.2) is 22.6 Å². The van der Waals surface area contributed by atoms with Crippen LogP contribution in [0.2, 0.25) is 0 Å². The fourth-order valence-corrected chi connectivity index (χ4v) is 1.99. The van der Waals surface area contributed by atoms with Gasteiger partial charge in [-0.25, -0.2) is 9.97 Å². The van der Waals surface area contributed by atoms with Crippen molar-refractivity contribution in [2.24, 2.45) is 0 Å². The molecule has 4 nitrogen and oxygen atoms in total. The van der Waals surface area contributed by atoms with E-state index in [2.05, 4.69) is 27.5 Å². The summed E-state index contributed by atoms with van der Waals surface area (Å²) >= 11 is 0. The molecule has 0 aromatic carbocycles. The van der Waals surface area contributed by atoms with Crippen molar-refractivity contribution in [2.75, 3.05) is 17.2 Å². The molecule has 0 aliphatic heterocycles. The number of rotatable bonds is 4. The normalized spacial score (nSPS) is 16.6. The third-order valence-electron chi connectivity index (χ3n) is 2.73. The minimum atomic E-state index is 0.606. The fourth-order valence-electron chi connectivity index (χ4n) is 1.99. The van der Waals surface area contributed by atoms with Crippen LogP contribution in [0.4, 0.5) is 11.6 Å². The summed E-state index contributed by atoms with van der Waals surface area (Å²) in [5.41, 5.74) is 0. The molecular formula is C11H18N4. The lowest BCUT2D eigenvalue weighted by Crippen LogP contribution is -2.15. The Labute approximate surface area is 90.5 Å². The third kappa shape index (κ3) is 2.81. The standard InChI is InChI=1S/C11H18N4/c1-2-12-10-7-11(14-8-13-10)15-9-5-3-4-6-9/h7-9H,2-6H2,1H3,(H2,12,13,14,15). The van der Waals surface area contributed by atoms with Crippen LogP contribution >= 0.6 is 0 Å². The van der Waals surface area contributed by atoms with Gasteiger partial charge in [0.1, 0.15) is 18.0 Å². The summed E-state index contributed by atoms with van der Waals surface area (Å²) in [7, 11) is 0. The minimum Gasteiger partial charge on any atom is -0.370 e. The van der Waals surface area contributed by atoms with Gasteiger partial charge in [-0.2, -0.15) is 0 Å². The molecule has 0 unspecified atom stereocenters. The van der Waals surface area contributed by atoms with E-state index in [9.17, 15) is 0 Å². The van der Waals surface area contributed by atoms with Crippen molar-refractivity contribution in [1.29, 1.82) is 0 Å². The van der Waals surface area contributed by atoms with Crippen molar-refractivity contribution in [2.45, 2.75) is 38.6 Å². The van der Waals surface area contributed by atoms with Crippen LogP contribution in [0, 0.1) is 0 Å². The molecule has 82 valence electrons. The Balaban J connectivity index is 1.97. The van der Waals surface area contributed by atoms with E-state index in [1.807, 2.05) is 6.07 Å². The van der Waals surface area contributed by atoms with E-state index in [4.69, 9.17) is 0 Å². The first kappa shape index (κ1) is 10.2. The van der Waals surface area contributed by atoms with Gasteiger partial charge in [0.05, 0.1) is 0 Å². The summed E-state index contributed by atoms with van der Waals surface area (Å²) in [6.45, 7) is 2.95. The average molecular weight is 206 g/mol. The van der Waals surface area contributed by atoms with E-state index >= 15 is 0 Å². The molecule has 0 spiro atoms. The van der Waals surface area contributed by atoms with E-state index in [1.165, 1.54) is 25.7 Å². The molecule has 2 N–H and O–H groups in total. The second-order valence-corrected chi connectivity index (χ2v) is 3.94. The lowest BCUT2D eigenvalue weighted by molar-refractivity contribution is 0.750. The van der Waals surface area contributed by atoms with E-state index in [-0.39, 0.29) is 0 Å². The Morgan fingerprint density at radius 3 is 2.73 bits per heavy atom. The molecule has 1 aromatic heterocycles. The number of hydrogen-bond donors (Lipinski definition) is 2. The van der Waals surface area contributed by atoms with Crippen LogP contribution in [0.1, 0.15) is 32.6 Å². The first-order valence-corrected chi connectivity index (χ1v) is 5.71. The number of nitrogens with zero attached hydrogens (tertiary/aromatic N) is 2. The maximum absolute atomic E-state index is 4.22. The maximum Gasteiger partial charge on any atom is 0.131 e. The summed E-state index contributed by atoms with van der Waals surface area (Å²) in [5.74, 6) is 1.83. The summed E-state index contributed by atoms with van der Waals surface area (Å²) < 4.78 is 0. The summed E-state index contributed by atoms with van der Waals surface area (Å²) in [6, 6.07) is 2.58. The molecule has 1 fully saturated rings. The maximum atomic E-state index is 4.22. The van der Waals surface area contributed by atoms with Gasteiger partial charge in [-0.05, 0) is 19.8 Å². The van der Waals surface area contributed by atoms with Gasteiger partial charge >= 0.3 is 0 Å². The summed E-state index contributed by atoms with van der Waals surface area (Å²) in [5, 5.41) is 6.63. The average Bonchev–Trinajstić information content (AvgIpc) is 2.71. The van der Waals surface area contributed by atoms with Gasteiger partial charge in [-0.3, -0.25) is 0 Å².